The lowest BCUT2D eigenvalue weighted by atomic mass is 9.99. The number of hydrogen-bond donors (Lipinski definition) is 1. The van der Waals surface area contributed by atoms with Crippen molar-refractivity contribution in [1.29, 1.82) is 0 Å². The summed E-state index contributed by atoms with van der Waals surface area (Å²) in [6, 6.07) is 9.59. The van der Waals surface area contributed by atoms with Crippen LogP contribution >= 0.6 is 11.3 Å². The van der Waals surface area contributed by atoms with Crippen molar-refractivity contribution < 1.29 is 23.9 Å². The molecule has 0 spiro atoms. The zero-order valence-electron chi connectivity index (χ0n) is 22.9. The standard InChI is InChI=1S/C30H37N3O5S/c1-19(2)17-22(31-27(35)21-10-8-20(9-11-21)25-7-6-16-39-25)28(36)32-15-12-23-26(32)24(34)18-33(23)29(37)30(38-3)13-4-5-14-30/h6-11,16,19,22-23,26H,4-5,12-15,17-18H2,1-3H3,(H,31,35). The van der Waals surface area contributed by atoms with E-state index in [0.29, 0.717) is 37.8 Å². The highest BCUT2D eigenvalue weighted by Crippen LogP contribution is 2.38. The highest BCUT2D eigenvalue weighted by atomic mass is 32.1. The van der Waals surface area contributed by atoms with E-state index in [4.69, 9.17) is 4.74 Å². The topological polar surface area (TPSA) is 96.0 Å². The van der Waals surface area contributed by atoms with Gasteiger partial charge in [0.25, 0.3) is 11.8 Å². The summed E-state index contributed by atoms with van der Waals surface area (Å²) in [4.78, 5) is 58.1. The number of nitrogens with one attached hydrogen (secondary N) is 1. The van der Waals surface area contributed by atoms with Gasteiger partial charge in [0.1, 0.15) is 17.7 Å². The molecule has 2 saturated heterocycles. The van der Waals surface area contributed by atoms with E-state index in [1.807, 2.05) is 43.5 Å². The predicted octanol–water partition coefficient (Wildman–Crippen LogP) is 3.90. The third kappa shape index (κ3) is 5.26. The summed E-state index contributed by atoms with van der Waals surface area (Å²) in [5.74, 6) is -0.678. The minimum absolute atomic E-state index is 0.000845. The molecule has 9 heteroatoms. The van der Waals surface area contributed by atoms with Gasteiger partial charge in [-0.1, -0.05) is 32.0 Å². The number of ether oxygens (including phenoxy) is 1. The summed E-state index contributed by atoms with van der Waals surface area (Å²) in [7, 11) is 1.57. The Bertz CT molecular complexity index is 1220. The fourth-order valence-electron chi connectivity index (χ4n) is 6.42. The molecule has 8 nitrogen and oxygen atoms in total. The van der Waals surface area contributed by atoms with Gasteiger partial charge in [-0.2, -0.15) is 0 Å². The van der Waals surface area contributed by atoms with Crippen molar-refractivity contribution in [3.63, 3.8) is 0 Å². The molecule has 3 atom stereocenters. The molecule has 1 saturated carbocycles. The van der Waals surface area contributed by atoms with Gasteiger partial charge in [-0.15, -0.1) is 11.3 Å². The Balaban J connectivity index is 1.30. The molecule has 2 aliphatic heterocycles. The number of methoxy groups -OCH3 is 1. The van der Waals surface area contributed by atoms with E-state index >= 15 is 0 Å². The molecule has 1 aromatic heterocycles. The van der Waals surface area contributed by atoms with Gasteiger partial charge in [0, 0.05) is 24.1 Å². The number of carbonyl (C=O) groups is 4. The molecule has 3 unspecified atom stereocenters. The minimum atomic E-state index is -0.861. The summed E-state index contributed by atoms with van der Waals surface area (Å²) in [6.07, 6.45) is 4.16. The van der Waals surface area contributed by atoms with Crippen molar-refractivity contribution >= 4 is 34.8 Å². The lowest BCUT2D eigenvalue weighted by molar-refractivity contribution is -0.155. The monoisotopic (exact) mass is 551 g/mol. The molecular formula is C30H37N3O5S. The van der Waals surface area contributed by atoms with Crippen LogP contribution in [-0.2, 0) is 19.1 Å². The van der Waals surface area contributed by atoms with Gasteiger partial charge in [0.05, 0.1) is 12.6 Å². The smallest absolute Gasteiger partial charge is 0.255 e. The van der Waals surface area contributed by atoms with Crippen LogP contribution in [0.5, 0.6) is 0 Å². The Hall–Kier alpha value is -3.04. The molecule has 3 heterocycles. The van der Waals surface area contributed by atoms with Crippen LogP contribution in [-0.4, -0.2) is 77.2 Å². The first kappa shape index (κ1) is 27.5. The van der Waals surface area contributed by atoms with Crippen LogP contribution in [0.3, 0.4) is 0 Å². The van der Waals surface area contributed by atoms with Crippen molar-refractivity contribution in [2.24, 2.45) is 5.92 Å². The van der Waals surface area contributed by atoms with Gasteiger partial charge in [0.2, 0.25) is 5.91 Å². The van der Waals surface area contributed by atoms with Gasteiger partial charge in [-0.05, 0) is 73.6 Å². The number of carbonyl (C=O) groups excluding carboxylic acids is 4. The molecule has 1 aromatic carbocycles. The predicted molar refractivity (Wildman–Crippen MR) is 149 cm³/mol. The zero-order chi connectivity index (χ0) is 27.7. The highest BCUT2D eigenvalue weighted by molar-refractivity contribution is 7.13. The molecule has 3 fully saturated rings. The number of ketones is 1. The maximum absolute atomic E-state index is 13.8. The number of benzene rings is 1. The first-order valence-corrected chi connectivity index (χ1v) is 14.8. The van der Waals surface area contributed by atoms with Gasteiger partial charge in [0.15, 0.2) is 5.78 Å². The molecule has 5 rings (SSSR count). The van der Waals surface area contributed by atoms with Crippen LogP contribution in [0.1, 0.15) is 62.7 Å². The highest BCUT2D eigenvalue weighted by Gasteiger charge is 2.56. The van der Waals surface area contributed by atoms with Crippen molar-refractivity contribution in [3.8, 4) is 10.4 Å². The number of amides is 3. The quantitative estimate of drug-likeness (QED) is 0.537. The van der Waals surface area contributed by atoms with Crippen LogP contribution in [0, 0.1) is 5.92 Å². The number of likely N-dealkylation sites (tertiary alicyclic amines) is 2. The number of nitrogens with zero attached hydrogens (tertiary/aromatic N) is 2. The van der Waals surface area contributed by atoms with Gasteiger partial charge in [-0.3, -0.25) is 19.2 Å². The molecule has 39 heavy (non-hydrogen) atoms. The SMILES string of the molecule is COC1(C(=O)N2CC(=O)C3C2CCN3C(=O)C(CC(C)C)NC(=O)c2ccc(-c3cccs3)cc2)CCCC1. The van der Waals surface area contributed by atoms with Crippen molar-refractivity contribution in [1.82, 2.24) is 15.1 Å². The third-order valence-electron chi connectivity index (χ3n) is 8.42. The van der Waals surface area contributed by atoms with Crippen molar-refractivity contribution in [2.75, 3.05) is 20.2 Å². The molecule has 2 aromatic rings. The largest absolute Gasteiger partial charge is 0.368 e. The minimum Gasteiger partial charge on any atom is -0.368 e. The molecule has 0 bridgehead atoms. The van der Waals surface area contributed by atoms with E-state index in [-0.39, 0.29) is 42.0 Å². The molecule has 1 aliphatic carbocycles. The summed E-state index contributed by atoms with van der Waals surface area (Å²) >= 11 is 1.63. The lowest BCUT2D eigenvalue weighted by Crippen LogP contribution is -2.53. The molecule has 3 aliphatic rings. The van der Waals surface area contributed by atoms with E-state index in [1.165, 1.54) is 0 Å². The Morgan fingerprint density at radius 2 is 1.82 bits per heavy atom. The average Bonchev–Trinajstić information content (AvgIpc) is 3.74. The van der Waals surface area contributed by atoms with E-state index in [1.54, 1.807) is 40.4 Å². The lowest BCUT2D eigenvalue weighted by Gasteiger charge is -2.33. The molecule has 3 amide bonds. The van der Waals surface area contributed by atoms with E-state index in [0.717, 1.165) is 23.3 Å². The van der Waals surface area contributed by atoms with E-state index in [9.17, 15) is 19.2 Å². The number of hydrogen-bond acceptors (Lipinski definition) is 6. The molecule has 0 radical (unpaired) electrons. The maximum Gasteiger partial charge on any atom is 0.255 e. The first-order valence-electron chi connectivity index (χ1n) is 13.9. The fourth-order valence-corrected chi connectivity index (χ4v) is 7.15. The number of fused-ring (bicyclic) bond motifs is 1. The molecule has 1 N–H and O–H groups in total. The number of thiophene rings is 1. The van der Waals surface area contributed by atoms with Gasteiger partial charge < -0.3 is 19.9 Å². The Labute approximate surface area is 233 Å². The average molecular weight is 552 g/mol. The van der Waals surface area contributed by atoms with Crippen LogP contribution in [0.15, 0.2) is 41.8 Å². The third-order valence-corrected chi connectivity index (χ3v) is 9.34. The van der Waals surface area contributed by atoms with E-state index < -0.39 is 17.7 Å². The number of Topliss-reactive ketones (excluding diaryl/α,β-unsaturated/α-hetero) is 1. The van der Waals surface area contributed by atoms with E-state index in [2.05, 4.69) is 5.32 Å². The summed E-state index contributed by atoms with van der Waals surface area (Å²) in [5.41, 5.74) is 0.650. The van der Waals surface area contributed by atoms with Crippen LogP contribution < -0.4 is 5.32 Å². The zero-order valence-corrected chi connectivity index (χ0v) is 23.7. The number of rotatable bonds is 8. The second-order valence-electron chi connectivity index (χ2n) is 11.3. The fraction of sp³-hybridized carbons (Fsp3) is 0.533. The molecular weight excluding hydrogens is 514 g/mol. The van der Waals surface area contributed by atoms with Crippen LogP contribution in [0.25, 0.3) is 10.4 Å². The summed E-state index contributed by atoms with van der Waals surface area (Å²) in [5, 5.41) is 4.95. The Morgan fingerprint density at radius 1 is 1.10 bits per heavy atom. The summed E-state index contributed by atoms with van der Waals surface area (Å²) < 4.78 is 5.70. The van der Waals surface area contributed by atoms with Gasteiger partial charge in [-0.25, -0.2) is 0 Å². The molecule has 208 valence electrons. The van der Waals surface area contributed by atoms with Crippen molar-refractivity contribution in [2.45, 2.75) is 76.1 Å². The van der Waals surface area contributed by atoms with Crippen molar-refractivity contribution in [3.05, 3.63) is 47.3 Å². The van der Waals surface area contributed by atoms with Crippen LogP contribution in [0.2, 0.25) is 0 Å². The Kier molecular flexibility index (Phi) is 7.91. The van der Waals surface area contributed by atoms with Gasteiger partial charge >= 0.3 is 0 Å². The first-order chi connectivity index (χ1) is 18.7. The van der Waals surface area contributed by atoms with Crippen LogP contribution in [0.4, 0.5) is 0 Å². The maximum atomic E-state index is 13.8. The Morgan fingerprint density at radius 3 is 2.44 bits per heavy atom. The second-order valence-corrected chi connectivity index (χ2v) is 12.3. The summed E-state index contributed by atoms with van der Waals surface area (Å²) in [6.45, 7) is 4.38. The second kappa shape index (κ2) is 11.2. The normalized spacial score (nSPS) is 22.8.